The van der Waals surface area contributed by atoms with Crippen molar-refractivity contribution in [2.45, 2.75) is 0 Å². The summed E-state index contributed by atoms with van der Waals surface area (Å²) < 4.78 is 0. The summed E-state index contributed by atoms with van der Waals surface area (Å²) in [5.74, 6) is 0.678. The molecule has 3 rings (SSSR count). The van der Waals surface area contributed by atoms with E-state index < -0.39 is 0 Å². The molecule has 0 atom stereocenters. The maximum atomic E-state index is 4.31. The predicted octanol–water partition coefficient (Wildman–Crippen LogP) is 2.60. The molecule has 0 aliphatic heterocycles. The highest BCUT2D eigenvalue weighted by atomic mass is 15.0. The van der Waals surface area contributed by atoms with Gasteiger partial charge in [-0.1, -0.05) is 30.3 Å². The van der Waals surface area contributed by atoms with Crippen LogP contribution in [-0.4, -0.2) is 19.9 Å². The maximum absolute atomic E-state index is 4.31. The van der Waals surface area contributed by atoms with E-state index in [2.05, 4.69) is 19.9 Å². The molecule has 0 bridgehead atoms. The zero-order valence-electron chi connectivity index (χ0n) is 9.56. The van der Waals surface area contributed by atoms with E-state index in [1.54, 1.807) is 6.20 Å². The average Bonchev–Trinajstić information content (AvgIpc) is 2.49. The van der Waals surface area contributed by atoms with Crippen LogP contribution >= 0.6 is 0 Å². The molecule has 0 saturated carbocycles. The first-order valence-electron chi connectivity index (χ1n) is 5.57. The molecule has 4 heteroatoms. The summed E-state index contributed by atoms with van der Waals surface area (Å²) in [6.45, 7) is 0. The third-order valence-electron chi connectivity index (χ3n) is 2.60. The Morgan fingerprint density at radius 1 is 0.667 bits per heavy atom. The van der Waals surface area contributed by atoms with Gasteiger partial charge in [-0.3, -0.25) is 4.98 Å². The maximum Gasteiger partial charge on any atom is 0.162 e. The summed E-state index contributed by atoms with van der Waals surface area (Å²) >= 11 is 0. The van der Waals surface area contributed by atoms with Crippen LogP contribution < -0.4 is 0 Å². The van der Waals surface area contributed by atoms with Gasteiger partial charge in [0.2, 0.25) is 0 Å². The molecule has 0 unspecified atom stereocenters. The normalized spacial score (nSPS) is 10.2. The van der Waals surface area contributed by atoms with Crippen LogP contribution in [0.25, 0.3) is 22.6 Å². The van der Waals surface area contributed by atoms with Crippen LogP contribution in [0.3, 0.4) is 0 Å². The number of nitrogens with zero attached hydrogens (tertiary/aromatic N) is 4. The number of benzene rings is 1. The predicted molar refractivity (Wildman–Crippen MR) is 68.5 cm³/mol. The summed E-state index contributed by atoms with van der Waals surface area (Å²) in [6, 6.07) is 13.9. The molecule has 0 fully saturated rings. The molecule has 0 radical (unpaired) electrons. The summed E-state index contributed by atoms with van der Waals surface area (Å²) in [4.78, 5) is 16.3. The van der Waals surface area contributed by atoms with Crippen molar-refractivity contribution >= 4 is 0 Å². The largest absolute Gasteiger partial charge is 0.256 e. The van der Waals surface area contributed by atoms with E-state index in [4.69, 9.17) is 0 Å². The molecule has 0 amide bonds. The van der Waals surface area contributed by atoms with Crippen molar-refractivity contribution in [3.05, 3.63) is 61.3 Å². The average molecular weight is 234 g/mol. The van der Waals surface area contributed by atoms with Crippen LogP contribution in [0.1, 0.15) is 0 Å². The van der Waals surface area contributed by atoms with Crippen molar-refractivity contribution in [2.24, 2.45) is 0 Å². The molecule has 0 aliphatic rings. The SMILES string of the molecule is c1ccc(-c2ccc(-c3ncncn3)cc2)nc1. The van der Waals surface area contributed by atoms with Crippen molar-refractivity contribution < 1.29 is 0 Å². The van der Waals surface area contributed by atoms with Crippen LogP contribution in [0.2, 0.25) is 0 Å². The van der Waals surface area contributed by atoms with Crippen LogP contribution in [0, 0.1) is 0 Å². The number of rotatable bonds is 2. The molecule has 2 aromatic heterocycles. The van der Waals surface area contributed by atoms with Gasteiger partial charge in [-0.15, -0.1) is 0 Å². The van der Waals surface area contributed by atoms with Crippen molar-refractivity contribution in [3.8, 4) is 22.6 Å². The minimum Gasteiger partial charge on any atom is -0.256 e. The topological polar surface area (TPSA) is 51.6 Å². The Kier molecular flexibility index (Phi) is 2.75. The van der Waals surface area contributed by atoms with Crippen LogP contribution in [-0.2, 0) is 0 Å². The van der Waals surface area contributed by atoms with Gasteiger partial charge >= 0.3 is 0 Å². The van der Waals surface area contributed by atoms with Crippen molar-refractivity contribution in [1.29, 1.82) is 0 Å². The fourth-order valence-electron chi connectivity index (χ4n) is 1.71. The Hall–Kier alpha value is -2.62. The molecule has 1 aromatic carbocycles. The lowest BCUT2D eigenvalue weighted by Gasteiger charge is -2.02. The molecule has 0 N–H and O–H groups in total. The molecule has 4 nitrogen and oxygen atoms in total. The smallest absolute Gasteiger partial charge is 0.162 e. The fraction of sp³-hybridized carbons (Fsp3) is 0. The Balaban J connectivity index is 1.95. The minimum atomic E-state index is 0.678. The molecule has 86 valence electrons. The first kappa shape index (κ1) is 10.5. The molecule has 0 spiro atoms. The van der Waals surface area contributed by atoms with Gasteiger partial charge in [0.15, 0.2) is 5.82 Å². The molecular formula is C14H10N4. The lowest BCUT2D eigenvalue weighted by molar-refractivity contribution is 1.06. The second kappa shape index (κ2) is 4.71. The van der Waals surface area contributed by atoms with Gasteiger partial charge in [0.05, 0.1) is 5.69 Å². The summed E-state index contributed by atoms with van der Waals surface area (Å²) in [7, 11) is 0. The Morgan fingerprint density at radius 3 is 2.06 bits per heavy atom. The molecule has 0 aliphatic carbocycles. The van der Waals surface area contributed by atoms with Crippen molar-refractivity contribution in [2.75, 3.05) is 0 Å². The van der Waals surface area contributed by atoms with Crippen molar-refractivity contribution in [3.63, 3.8) is 0 Å². The molecule has 2 heterocycles. The van der Waals surface area contributed by atoms with Crippen LogP contribution in [0.5, 0.6) is 0 Å². The van der Waals surface area contributed by atoms with E-state index in [0.717, 1.165) is 16.8 Å². The highest BCUT2D eigenvalue weighted by Crippen LogP contribution is 2.20. The second-order valence-corrected chi connectivity index (χ2v) is 3.75. The van der Waals surface area contributed by atoms with Gasteiger partial charge in [-0.2, -0.15) is 0 Å². The lowest BCUT2D eigenvalue weighted by atomic mass is 10.1. The molecule has 3 aromatic rings. The van der Waals surface area contributed by atoms with E-state index in [-0.39, 0.29) is 0 Å². The lowest BCUT2D eigenvalue weighted by Crippen LogP contribution is -1.89. The number of hydrogen-bond acceptors (Lipinski definition) is 4. The Bertz CT molecular complexity index is 562. The monoisotopic (exact) mass is 234 g/mol. The Morgan fingerprint density at radius 2 is 1.39 bits per heavy atom. The summed E-state index contributed by atoms with van der Waals surface area (Å²) in [5.41, 5.74) is 3.00. The zero-order valence-corrected chi connectivity index (χ0v) is 9.56. The summed E-state index contributed by atoms with van der Waals surface area (Å²) in [5, 5.41) is 0. The standard InChI is InChI=1S/C14H10N4/c1-2-8-16-13(3-1)11-4-6-12(7-5-11)14-17-9-15-10-18-14/h1-10H. The minimum absolute atomic E-state index is 0.678. The van der Waals surface area contributed by atoms with Gasteiger partial charge in [0, 0.05) is 17.3 Å². The van der Waals surface area contributed by atoms with Crippen molar-refractivity contribution in [1.82, 2.24) is 19.9 Å². The van der Waals surface area contributed by atoms with E-state index in [1.807, 2.05) is 42.5 Å². The highest BCUT2D eigenvalue weighted by molar-refractivity contribution is 5.64. The first-order chi connectivity index (χ1) is 8.93. The number of pyridine rings is 1. The molecule has 0 saturated heterocycles. The second-order valence-electron chi connectivity index (χ2n) is 3.75. The van der Waals surface area contributed by atoms with Gasteiger partial charge < -0.3 is 0 Å². The highest BCUT2D eigenvalue weighted by Gasteiger charge is 2.02. The van der Waals surface area contributed by atoms with Crippen LogP contribution in [0.15, 0.2) is 61.3 Å². The number of aromatic nitrogens is 4. The third kappa shape index (κ3) is 2.08. The Labute approximate surface area is 104 Å². The third-order valence-corrected chi connectivity index (χ3v) is 2.60. The zero-order chi connectivity index (χ0) is 12.2. The van der Waals surface area contributed by atoms with E-state index >= 15 is 0 Å². The number of hydrogen-bond donors (Lipinski definition) is 0. The molecular weight excluding hydrogens is 224 g/mol. The fourth-order valence-corrected chi connectivity index (χ4v) is 1.71. The first-order valence-corrected chi connectivity index (χ1v) is 5.57. The quantitative estimate of drug-likeness (QED) is 0.684. The van der Waals surface area contributed by atoms with E-state index in [9.17, 15) is 0 Å². The van der Waals surface area contributed by atoms with Gasteiger partial charge in [0.25, 0.3) is 0 Å². The van der Waals surface area contributed by atoms with Gasteiger partial charge in [0.1, 0.15) is 12.7 Å². The van der Waals surface area contributed by atoms with E-state index in [1.165, 1.54) is 12.7 Å². The summed E-state index contributed by atoms with van der Waals surface area (Å²) in [6.07, 6.45) is 4.78. The van der Waals surface area contributed by atoms with Gasteiger partial charge in [-0.25, -0.2) is 15.0 Å². The van der Waals surface area contributed by atoms with Crippen LogP contribution in [0.4, 0.5) is 0 Å². The van der Waals surface area contributed by atoms with E-state index in [0.29, 0.717) is 5.82 Å². The van der Waals surface area contributed by atoms with Gasteiger partial charge in [-0.05, 0) is 12.1 Å². The molecule has 18 heavy (non-hydrogen) atoms.